The number of hydrogen-bond acceptors (Lipinski definition) is 7. The van der Waals surface area contributed by atoms with E-state index in [-0.39, 0.29) is 19.3 Å². The molecule has 0 saturated carbocycles. The zero-order valence-electron chi connectivity index (χ0n) is 16.6. The van der Waals surface area contributed by atoms with Crippen molar-refractivity contribution >= 4 is 35.1 Å². The van der Waals surface area contributed by atoms with Gasteiger partial charge in [0.1, 0.15) is 5.75 Å². The number of amides is 1. The summed E-state index contributed by atoms with van der Waals surface area (Å²) in [6.45, 7) is 3.31. The van der Waals surface area contributed by atoms with Gasteiger partial charge in [-0.1, -0.05) is 12.1 Å². The fourth-order valence-electron chi connectivity index (χ4n) is 3.80. The van der Waals surface area contributed by atoms with Crippen LogP contribution in [0.5, 0.6) is 17.2 Å². The number of carbonyl (C=O) groups is 1. The van der Waals surface area contributed by atoms with Crippen LogP contribution < -0.4 is 19.1 Å². The van der Waals surface area contributed by atoms with E-state index < -0.39 is 0 Å². The van der Waals surface area contributed by atoms with Crippen LogP contribution in [0.3, 0.4) is 0 Å². The molecule has 2 aromatic rings. The molecule has 0 aliphatic carbocycles. The molecule has 8 heteroatoms. The lowest BCUT2D eigenvalue weighted by Crippen LogP contribution is -2.50. The molecule has 3 heterocycles. The number of piperazine rings is 1. The molecule has 0 bridgehead atoms. The number of anilines is 1. The number of carbonyl (C=O) groups excluding carboxylic acids is 1. The first kappa shape index (κ1) is 19.8. The lowest BCUT2D eigenvalue weighted by atomic mass is 10.2. The number of rotatable bonds is 5. The van der Waals surface area contributed by atoms with Crippen molar-refractivity contribution in [1.82, 2.24) is 4.90 Å². The second-order valence-corrected chi connectivity index (χ2v) is 10.1. The zero-order valence-corrected chi connectivity index (χ0v) is 18.3. The van der Waals surface area contributed by atoms with Crippen LogP contribution in [-0.2, 0) is 4.79 Å². The highest BCUT2D eigenvalue weighted by molar-refractivity contribution is 8.19. The van der Waals surface area contributed by atoms with Gasteiger partial charge >= 0.3 is 0 Å². The molecule has 2 aromatic carbocycles. The third-order valence-electron chi connectivity index (χ3n) is 5.49. The van der Waals surface area contributed by atoms with Crippen molar-refractivity contribution in [3.8, 4) is 17.2 Å². The Labute approximate surface area is 184 Å². The largest absolute Gasteiger partial charge is 0.484 e. The standard InChI is InChI=1S/C22H24N2O4S2/c25-21(14-26-18-4-1-16(2-5-18)22-29-11-12-30-22)24-9-7-23(8-10-24)17-3-6-19-20(13-17)28-15-27-19/h1-6,13,22H,7-12,14-15H2. The fraction of sp³-hybridized carbons (Fsp3) is 0.409. The van der Waals surface area contributed by atoms with Gasteiger partial charge < -0.3 is 24.0 Å². The quantitative estimate of drug-likeness (QED) is 0.698. The molecule has 1 amide bonds. The molecule has 6 nitrogen and oxygen atoms in total. The molecule has 2 saturated heterocycles. The van der Waals surface area contributed by atoms with E-state index in [9.17, 15) is 4.79 Å². The number of ether oxygens (including phenoxy) is 3. The van der Waals surface area contributed by atoms with Crippen molar-refractivity contribution in [3.63, 3.8) is 0 Å². The summed E-state index contributed by atoms with van der Waals surface area (Å²) < 4.78 is 17.1. The molecule has 0 N–H and O–H groups in total. The number of hydrogen-bond donors (Lipinski definition) is 0. The van der Waals surface area contributed by atoms with Crippen molar-refractivity contribution in [2.75, 3.05) is 56.0 Å². The van der Waals surface area contributed by atoms with Crippen molar-refractivity contribution < 1.29 is 19.0 Å². The van der Waals surface area contributed by atoms with E-state index in [0.29, 0.717) is 17.7 Å². The summed E-state index contributed by atoms with van der Waals surface area (Å²) in [6.07, 6.45) is 0. The van der Waals surface area contributed by atoms with Gasteiger partial charge in [0, 0.05) is 49.4 Å². The van der Waals surface area contributed by atoms with Gasteiger partial charge in [0.2, 0.25) is 6.79 Å². The van der Waals surface area contributed by atoms with Crippen LogP contribution in [0.25, 0.3) is 0 Å². The first-order chi connectivity index (χ1) is 14.8. The molecule has 0 unspecified atom stereocenters. The number of thioether (sulfide) groups is 2. The van der Waals surface area contributed by atoms with Gasteiger partial charge in [0.15, 0.2) is 18.1 Å². The first-order valence-corrected chi connectivity index (χ1v) is 12.2. The minimum Gasteiger partial charge on any atom is -0.484 e. The van der Waals surface area contributed by atoms with E-state index in [0.717, 1.165) is 36.0 Å². The van der Waals surface area contributed by atoms with E-state index in [4.69, 9.17) is 14.2 Å². The molecule has 30 heavy (non-hydrogen) atoms. The Bertz CT molecular complexity index is 895. The Morgan fingerprint density at radius 1 is 0.967 bits per heavy atom. The maximum absolute atomic E-state index is 12.6. The number of benzene rings is 2. The van der Waals surface area contributed by atoms with Crippen LogP contribution >= 0.6 is 23.5 Å². The predicted octanol–water partition coefficient (Wildman–Crippen LogP) is 3.62. The molecule has 0 radical (unpaired) electrons. The van der Waals surface area contributed by atoms with Crippen molar-refractivity contribution in [3.05, 3.63) is 48.0 Å². The van der Waals surface area contributed by atoms with Crippen LogP contribution in [0.15, 0.2) is 42.5 Å². The van der Waals surface area contributed by atoms with Gasteiger partial charge in [-0.3, -0.25) is 4.79 Å². The predicted molar refractivity (Wildman–Crippen MR) is 121 cm³/mol. The molecule has 0 aromatic heterocycles. The van der Waals surface area contributed by atoms with E-state index >= 15 is 0 Å². The molecule has 0 atom stereocenters. The van der Waals surface area contributed by atoms with Crippen LogP contribution in [0.4, 0.5) is 5.69 Å². The highest BCUT2D eigenvalue weighted by atomic mass is 32.2. The van der Waals surface area contributed by atoms with E-state index in [1.807, 2.05) is 58.8 Å². The third-order valence-corrected chi connectivity index (χ3v) is 8.59. The van der Waals surface area contributed by atoms with E-state index in [1.165, 1.54) is 17.1 Å². The highest BCUT2D eigenvalue weighted by Crippen LogP contribution is 2.45. The van der Waals surface area contributed by atoms with Crippen LogP contribution in [0, 0.1) is 0 Å². The summed E-state index contributed by atoms with van der Waals surface area (Å²) in [6, 6.07) is 14.2. The van der Waals surface area contributed by atoms with Gasteiger partial charge in [-0.25, -0.2) is 0 Å². The molecular weight excluding hydrogens is 420 g/mol. The normalized spacial score (nSPS) is 18.7. The van der Waals surface area contributed by atoms with Crippen LogP contribution in [-0.4, -0.2) is 61.9 Å². The summed E-state index contributed by atoms with van der Waals surface area (Å²) in [5.41, 5.74) is 2.42. The topological polar surface area (TPSA) is 51.2 Å². The van der Waals surface area contributed by atoms with Crippen LogP contribution in [0.1, 0.15) is 10.1 Å². The molecule has 158 valence electrons. The maximum atomic E-state index is 12.6. The Kier molecular flexibility index (Phi) is 5.86. The highest BCUT2D eigenvalue weighted by Gasteiger charge is 2.23. The average molecular weight is 445 g/mol. The molecule has 0 spiro atoms. The van der Waals surface area contributed by atoms with E-state index in [1.54, 1.807) is 0 Å². The SMILES string of the molecule is O=C(COc1ccc(C2SCCS2)cc1)N1CCN(c2ccc3c(c2)OCO3)CC1. The second kappa shape index (κ2) is 8.89. The summed E-state index contributed by atoms with van der Waals surface area (Å²) in [7, 11) is 0. The van der Waals surface area contributed by atoms with Crippen molar-refractivity contribution in [1.29, 1.82) is 0 Å². The average Bonchev–Trinajstić information content (AvgIpc) is 3.49. The second-order valence-electron chi connectivity index (χ2n) is 7.34. The van der Waals surface area contributed by atoms with Crippen molar-refractivity contribution in [2.24, 2.45) is 0 Å². The maximum Gasteiger partial charge on any atom is 0.260 e. The molecule has 5 rings (SSSR count). The molecule has 3 aliphatic heterocycles. The Morgan fingerprint density at radius 2 is 1.70 bits per heavy atom. The molecular formula is C22H24N2O4S2. The summed E-state index contributed by atoms with van der Waals surface area (Å²) in [5.74, 6) is 4.79. The minimum atomic E-state index is 0.0336. The van der Waals surface area contributed by atoms with Gasteiger partial charge in [0.25, 0.3) is 5.91 Å². The number of nitrogens with zero attached hydrogens (tertiary/aromatic N) is 2. The zero-order chi connectivity index (χ0) is 20.3. The number of fused-ring (bicyclic) bond motifs is 1. The summed E-state index contributed by atoms with van der Waals surface area (Å²) in [5, 5.41) is 0. The summed E-state index contributed by atoms with van der Waals surface area (Å²) in [4.78, 5) is 16.7. The monoisotopic (exact) mass is 444 g/mol. The lowest BCUT2D eigenvalue weighted by Gasteiger charge is -2.36. The Balaban J connectivity index is 1.10. The summed E-state index contributed by atoms with van der Waals surface area (Å²) >= 11 is 3.97. The van der Waals surface area contributed by atoms with Gasteiger partial charge in [-0.05, 0) is 29.8 Å². The lowest BCUT2D eigenvalue weighted by molar-refractivity contribution is -0.133. The smallest absolute Gasteiger partial charge is 0.260 e. The minimum absolute atomic E-state index is 0.0336. The molecule has 3 aliphatic rings. The molecule has 2 fully saturated rings. The fourth-order valence-corrected chi connectivity index (χ4v) is 6.66. The van der Waals surface area contributed by atoms with Gasteiger partial charge in [0.05, 0.1) is 4.58 Å². The van der Waals surface area contributed by atoms with E-state index in [2.05, 4.69) is 17.0 Å². The Morgan fingerprint density at radius 3 is 2.47 bits per heavy atom. The first-order valence-electron chi connectivity index (χ1n) is 10.1. The van der Waals surface area contributed by atoms with Crippen molar-refractivity contribution in [2.45, 2.75) is 4.58 Å². The Hall–Kier alpha value is -2.19. The van der Waals surface area contributed by atoms with Gasteiger partial charge in [-0.15, -0.1) is 23.5 Å². The van der Waals surface area contributed by atoms with Gasteiger partial charge in [-0.2, -0.15) is 0 Å². The van der Waals surface area contributed by atoms with Crippen LogP contribution in [0.2, 0.25) is 0 Å². The third kappa shape index (κ3) is 4.30.